The van der Waals surface area contributed by atoms with Crippen molar-refractivity contribution in [2.45, 2.75) is 20.4 Å². The number of carbonyl (C=O) groups excluding carboxylic acids is 1. The SMILES string of the molecule is C=CCn1c(C)cc(C(=O)CN2CCN(c3cccc(OC)c3)CC2)c1C. The molecule has 0 spiro atoms. The van der Waals surface area contributed by atoms with Crippen LogP contribution in [0.2, 0.25) is 0 Å². The summed E-state index contributed by atoms with van der Waals surface area (Å²) in [5.74, 6) is 1.08. The lowest BCUT2D eigenvalue weighted by Crippen LogP contribution is -2.48. The number of piperazine rings is 1. The van der Waals surface area contributed by atoms with E-state index in [2.05, 4.69) is 33.1 Å². The molecule has 0 aliphatic carbocycles. The van der Waals surface area contributed by atoms with Gasteiger partial charge in [0.2, 0.25) is 0 Å². The van der Waals surface area contributed by atoms with E-state index in [1.165, 1.54) is 5.69 Å². The van der Waals surface area contributed by atoms with Crippen LogP contribution in [0.1, 0.15) is 21.7 Å². The Balaban J connectivity index is 1.60. The second-order valence-corrected chi connectivity index (χ2v) is 7.07. The van der Waals surface area contributed by atoms with E-state index in [0.29, 0.717) is 6.54 Å². The molecule has 1 saturated heterocycles. The number of hydrogen-bond acceptors (Lipinski definition) is 4. The van der Waals surface area contributed by atoms with Gasteiger partial charge in [0.05, 0.1) is 13.7 Å². The molecule has 5 heteroatoms. The number of carbonyl (C=O) groups is 1. The predicted octanol–water partition coefficient (Wildman–Crippen LogP) is 3.30. The molecule has 1 aliphatic heterocycles. The van der Waals surface area contributed by atoms with Crippen LogP contribution in [-0.2, 0) is 6.54 Å². The number of aryl methyl sites for hydroxylation is 1. The van der Waals surface area contributed by atoms with Crippen molar-refractivity contribution in [3.63, 3.8) is 0 Å². The number of hydrogen-bond donors (Lipinski definition) is 0. The molecule has 0 bridgehead atoms. The second-order valence-electron chi connectivity index (χ2n) is 7.07. The summed E-state index contributed by atoms with van der Waals surface area (Å²) in [6.45, 7) is 12.7. The fourth-order valence-electron chi connectivity index (χ4n) is 3.75. The number of ketones is 1. The number of ether oxygens (including phenoxy) is 1. The molecule has 0 unspecified atom stereocenters. The zero-order valence-corrected chi connectivity index (χ0v) is 16.6. The Bertz CT molecular complexity index is 817. The van der Waals surface area contributed by atoms with Gasteiger partial charge in [0.15, 0.2) is 5.78 Å². The number of rotatable bonds is 7. The summed E-state index contributed by atoms with van der Waals surface area (Å²) in [5, 5.41) is 0. The second kappa shape index (κ2) is 8.44. The lowest BCUT2D eigenvalue weighted by Gasteiger charge is -2.35. The predicted molar refractivity (Wildman–Crippen MR) is 110 cm³/mol. The van der Waals surface area contributed by atoms with Crippen LogP contribution in [0.15, 0.2) is 43.0 Å². The highest BCUT2D eigenvalue weighted by Gasteiger charge is 2.22. The molecule has 0 saturated carbocycles. The maximum absolute atomic E-state index is 12.8. The quantitative estimate of drug-likeness (QED) is 0.556. The van der Waals surface area contributed by atoms with Crippen LogP contribution in [0.25, 0.3) is 0 Å². The summed E-state index contributed by atoms with van der Waals surface area (Å²) in [6.07, 6.45) is 1.87. The van der Waals surface area contributed by atoms with Crippen molar-refractivity contribution in [1.82, 2.24) is 9.47 Å². The van der Waals surface area contributed by atoms with Crippen LogP contribution in [0.5, 0.6) is 5.75 Å². The fraction of sp³-hybridized carbons (Fsp3) is 0.409. The van der Waals surface area contributed by atoms with Crippen LogP contribution in [0, 0.1) is 13.8 Å². The zero-order chi connectivity index (χ0) is 19.4. The molecular formula is C22H29N3O2. The summed E-state index contributed by atoms with van der Waals surface area (Å²) in [4.78, 5) is 17.4. The Morgan fingerprint density at radius 3 is 2.59 bits per heavy atom. The van der Waals surface area contributed by atoms with Crippen LogP contribution in [0.4, 0.5) is 5.69 Å². The molecule has 1 aliphatic rings. The summed E-state index contributed by atoms with van der Waals surface area (Å²) >= 11 is 0. The third-order valence-electron chi connectivity index (χ3n) is 5.34. The fourth-order valence-corrected chi connectivity index (χ4v) is 3.75. The highest BCUT2D eigenvalue weighted by Crippen LogP contribution is 2.22. The van der Waals surface area contributed by atoms with E-state index in [-0.39, 0.29) is 5.78 Å². The monoisotopic (exact) mass is 367 g/mol. The molecule has 5 nitrogen and oxygen atoms in total. The van der Waals surface area contributed by atoms with Crippen molar-refractivity contribution >= 4 is 11.5 Å². The number of nitrogens with zero attached hydrogens (tertiary/aromatic N) is 3. The van der Waals surface area contributed by atoms with Gasteiger partial charge >= 0.3 is 0 Å². The van der Waals surface area contributed by atoms with Crippen molar-refractivity contribution in [2.24, 2.45) is 0 Å². The summed E-state index contributed by atoms with van der Waals surface area (Å²) in [5.41, 5.74) is 4.16. The number of allylic oxidation sites excluding steroid dienone is 1. The average molecular weight is 367 g/mol. The molecule has 0 radical (unpaired) electrons. The van der Waals surface area contributed by atoms with Gasteiger partial charge in [-0.25, -0.2) is 0 Å². The van der Waals surface area contributed by atoms with Crippen LogP contribution in [-0.4, -0.2) is 55.1 Å². The molecule has 0 atom stereocenters. The third kappa shape index (κ3) is 4.25. The number of anilines is 1. The molecule has 2 aromatic rings. The van der Waals surface area contributed by atoms with E-state index < -0.39 is 0 Å². The summed E-state index contributed by atoms with van der Waals surface area (Å²) in [7, 11) is 1.69. The summed E-state index contributed by atoms with van der Waals surface area (Å²) in [6, 6.07) is 10.2. The lowest BCUT2D eigenvalue weighted by molar-refractivity contribution is 0.0925. The van der Waals surface area contributed by atoms with Crippen molar-refractivity contribution in [3.8, 4) is 5.75 Å². The number of Topliss-reactive ketones (excluding diaryl/α,β-unsaturated/α-hetero) is 1. The maximum atomic E-state index is 12.8. The van der Waals surface area contributed by atoms with Crippen molar-refractivity contribution in [2.75, 3.05) is 44.7 Å². The molecule has 1 aromatic carbocycles. The van der Waals surface area contributed by atoms with Crippen molar-refractivity contribution in [3.05, 3.63) is 59.9 Å². The van der Waals surface area contributed by atoms with E-state index in [1.54, 1.807) is 7.11 Å². The minimum absolute atomic E-state index is 0.202. The first-order valence-corrected chi connectivity index (χ1v) is 9.45. The highest BCUT2D eigenvalue weighted by molar-refractivity contribution is 5.99. The van der Waals surface area contributed by atoms with E-state index in [4.69, 9.17) is 4.74 Å². The van der Waals surface area contributed by atoms with Crippen LogP contribution < -0.4 is 9.64 Å². The van der Waals surface area contributed by atoms with Gasteiger partial charge < -0.3 is 14.2 Å². The van der Waals surface area contributed by atoms with Gasteiger partial charge in [-0.05, 0) is 32.0 Å². The largest absolute Gasteiger partial charge is 0.497 e. The first kappa shape index (κ1) is 19.2. The number of benzene rings is 1. The minimum atomic E-state index is 0.202. The van der Waals surface area contributed by atoms with Gasteiger partial charge in [-0.2, -0.15) is 0 Å². The van der Waals surface area contributed by atoms with E-state index in [0.717, 1.165) is 55.4 Å². The van der Waals surface area contributed by atoms with E-state index in [1.807, 2.05) is 38.1 Å². The average Bonchev–Trinajstić information content (AvgIpc) is 2.97. The van der Waals surface area contributed by atoms with Crippen LogP contribution in [0.3, 0.4) is 0 Å². The Kier molecular flexibility index (Phi) is 6.01. The normalized spacial score (nSPS) is 15.0. The smallest absolute Gasteiger partial charge is 0.178 e. The Hall–Kier alpha value is -2.53. The number of methoxy groups -OCH3 is 1. The Morgan fingerprint density at radius 2 is 1.93 bits per heavy atom. The molecule has 1 fully saturated rings. The standard InChI is InChI=1S/C22H29N3O2/c1-5-9-25-17(2)14-21(18(25)3)22(26)16-23-10-12-24(13-11-23)19-7-6-8-20(15-19)27-4/h5-8,14-15H,1,9-13,16H2,2-4H3. The Labute approximate surface area is 161 Å². The van der Waals surface area contributed by atoms with Gasteiger partial charge in [0.1, 0.15) is 5.75 Å². The van der Waals surface area contributed by atoms with Gasteiger partial charge in [-0.1, -0.05) is 12.1 Å². The van der Waals surface area contributed by atoms with Gasteiger partial charge in [0.25, 0.3) is 0 Å². The molecule has 1 aromatic heterocycles. The molecule has 27 heavy (non-hydrogen) atoms. The first-order valence-electron chi connectivity index (χ1n) is 9.45. The van der Waals surface area contributed by atoms with Crippen molar-refractivity contribution in [1.29, 1.82) is 0 Å². The lowest BCUT2D eigenvalue weighted by atomic mass is 10.1. The first-order chi connectivity index (χ1) is 13.0. The van der Waals surface area contributed by atoms with Crippen LogP contribution >= 0.6 is 0 Å². The van der Waals surface area contributed by atoms with Gasteiger partial charge in [0, 0.05) is 61.4 Å². The van der Waals surface area contributed by atoms with E-state index in [9.17, 15) is 4.79 Å². The molecule has 0 N–H and O–H groups in total. The number of aromatic nitrogens is 1. The van der Waals surface area contributed by atoms with Gasteiger partial charge in [-0.15, -0.1) is 6.58 Å². The molecule has 3 rings (SSSR count). The molecule has 2 heterocycles. The highest BCUT2D eigenvalue weighted by atomic mass is 16.5. The van der Waals surface area contributed by atoms with Gasteiger partial charge in [-0.3, -0.25) is 9.69 Å². The molecule has 0 amide bonds. The van der Waals surface area contributed by atoms with E-state index >= 15 is 0 Å². The minimum Gasteiger partial charge on any atom is -0.497 e. The molecule has 144 valence electrons. The topological polar surface area (TPSA) is 37.7 Å². The zero-order valence-electron chi connectivity index (χ0n) is 16.6. The molecular weight excluding hydrogens is 338 g/mol. The van der Waals surface area contributed by atoms with Crippen molar-refractivity contribution < 1.29 is 9.53 Å². The third-order valence-corrected chi connectivity index (χ3v) is 5.34. The maximum Gasteiger partial charge on any atom is 0.178 e. The summed E-state index contributed by atoms with van der Waals surface area (Å²) < 4.78 is 7.46. The Morgan fingerprint density at radius 1 is 1.19 bits per heavy atom.